The molecular formula is C15H18ClNO. The van der Waals surface area contributed by atoms with Crippen LogP contribution in [0.2, 0.25) is 5.02 Å². The summed E-state index contributed by atoms with van der Waals surface area (Å²) in [5, 5.41) is 2.84. The summed E-state index contributed by atoms with van der Waals surface area (Å²) in [6.45, 7) is 6.64. The highest BCUT2D eigenvalue weighted by Gasteiger charge is 2.22. The van der Waals surface area contributed by atoms with Crippen molar-refractivity contribution in [2.75, 3.05) is 7.11 Å². The first-order valence-corrected chi connectivity index (χ1v) is 6.50. The molecule has 0 unspecified atom stereocenters. The minimum atomic E-state index is 0.0886. The Kier molecular flexibility index (Phi) is 3.49. The molecule has 1 heterocycles. The highest BCUT2D eigenvalue weighted by molar-refractivity contribution is 6.31. The lowest BCUT2D eigenvalue weighted by Gasteiger charge is -2.25. The quantitative estimate of drug-likeness (QED) is 0.808. The molecule has 1 aromatic carbocycles. The number of benzene rings is 1. The second-order valence-corrected chi connectivity index (χ2v) is 5.54. The number of pyridine rings is 1. The van der Waals surface area contributed by atoms with Crippen molar-refractivity contribution in [2.45, 2.75) is 32.6 Å². The molecular weight excluding hydrogens is 246 g/mol. The maximum atomic E-state index is 6.06. The Morgan fingerprint density at radius 2 is 2.00 bits per heavy atom. The second kappa shape index (κ2) is 4.77. The number of aromatic nitrogens is 1. The largest absolute Gasteiger partial charge is 0.481 e. The molecule has 18 heavy (non-hydrogen) atoms. The third kappa shape index (κ3) is 2.17. The number of fused-ring (bicyclic) bond motifs is 1. The topological polar surface area (TPSA) is 22.1 Å². The molecule has 0 aliphatic carbocycles. The summed E-state index contributed by atoms with van der Waals surface area (Å²) in [5.74, 6) is 0.628. The zero-order chi connectivity index (χ0) is 13.3. The van der Waals surface area contributed by atoms with Gasteiger partial charge in [0.1, 0.15) is 0 Å². The molecule has 3 heteroatoms. The Morgan fingerprint density at radius 1 is 1.28 bits per heavy atom. The molecule has 2 aromatic rings. The molecule has 0 radical (unpaired) electrons. The van der Waals surface area contributed by atoms with Crippen LogP contribution in [0.4, 0.5) is 0 Å². The highest BCUT2D eigenvalue weighted by Crippen LogP contribution is 2.36. The zero-order valence-electron chi connectivity index (χ0n) is 11.2. The highest BCUT2D eigenvalue weighted by atomic mass is 35.5. The SMILES string of the molecule is CCC(C)(C)c1cnc(OC)c2cc(Cl)ccc12. The fourth-order valence-corrected chi connectivity index (χ4v) is 2.26. The second-order valence-electron chi connectivity index (χ2n) is 5.11. The van der Waals surface area contributed by atoms with E-state index in [2.05, 4.69) is 31.8 Å². The van der Waals surface area contributed by atoms with E-state index in [1.165, 1.54) is 5.56 Å². The number of halogens is 1. The van der Waals surface area contributed by atoms with E-state index < -0.39 is 0 Å². The first-order valence-electron chi connectivity index (χ1n) is 6.12. The van der Waals surface area contributed by atoms with Crippen molar-refractivity contribution in [1.29, 1.82) is 0 Å². The number of hydrogen-bond donors (Lipinski definition) is 0. The first-order chi connectivity index (χ1) is 8.49. The molecule has 0 saturated heterocycles. The lowest BCUT2D eigenvalue weighted by Crippen LogP contribution is -2.16. The van der Waals surface area contributed by atoms with Crippen LogP contribution < -0.4 is 4.74 Å². The molecule has 2 nitrogen and oxygen atoms in total. The monoisotopic (exact) mass is 263 g/mol. The summed E-state index contributed by atoms with van der Waals surface area (Å²) in [7, 11) is 1.63. The summed E-state index contributed by atoms with van der Waals surface area (Å²) in [6.07, 6.45) is 2.97. The molecule has 2 rings (SSSR count). The van der Waals surface area contributed by atoms with Crippen LogP contribution in [0.15, 0.2) is 24.4 Å². The normalized spacial score (nSPS) is 11.8. The van der Waals surface area contributed by atoms with Gasteiger partial charge in [0.25, 0.3) is 0 Å². The Bertz CT molecular complexity index is 578. The molecule has 96 valence electrons. The van der Waals surface area contributed by atoms with Gasteiger partial charge in [0.15, 0.2) is 0 Å². The number of methoxy groups -OCH3 is 1. The predicted molar refractivity (Wildman–Crippen MR) is 76.6 cm³/mol. The van der Waals surface area contributed by atoms with Crippen LogP contribution in [0, 0.1) is 0 Å². The lowest BCUT2D eigenvalue weighted by atomic mass is 9.81. The summed E-state index contributed by atoms with van der Waals surface area (Å²) < 4.78 is 5.31. The van der Waals surface area contributed by atoms with Gasteiger partial charge in [0.05, 0.1) is 7.11 Å². The summed E-state index contributed by atoms with van der Waals surface area (Å²) in [6, 6.07) is 5.88. The molecule has 0 amide bonds. The fraction of sp³-hybridized carbons (Fsp3) is 0.400. The van der Waals surface area contributed by atoms with E-state index >= 15 is 0 Å². The standard InChI is InChI=1S/C15H18ClNO/c1-5-15(2,3)13-9-17-14(18-4)12-8-10(16)6-7-11(12)13/h6-9H,5H2,1-4H3. The van der Waals surface area contributed by atoms with Crippen LogP contribution in [0.25, 0.3) is 10.8 Å². The van der Waals surface area contributed by atoms with Crippen LogP contribution in [0.5, 0.6) is 5.88 Å². The van der Waals surface area contributed by atoms with Crippen molar-refractivity contribution in [3.8, 4) is 5.88 Å². The lowest BCUT2D eigenvalue weighted by molar-refractivity contribution is 0.402. The molecule has 1 aromatic heterocycles. The minimum absolute atomic E-state index is 0.0886. The van der Waals surface area contributed by atoms with Crippen molar-refractivity contribution < 1.29 is 4.74 Å². The van der Waals surface area contributed by atoms with Crippen LogP contribution in [-0.2, 0) is 5.41 Å². The molecule has 0 N–H and O–H groups in total. The van der Waals surface area contributed by atoms with Gasteiger partial charge in [0.2, 0.25) is 5.88 Å². The Morgan fingerprint density at radius 3 is 2.61 bits per heavy atom. The maximum Gasteiger partial charge on any atom is 0.221 e. The van der Waals surface area contributed by atoms with E-state index in [1.54, 1.807) is 7.11 Å². The fourth-order valence-electron chi connectivity index (χ4n) is 2.08. The van der Waals surface area contributed by atoms with Gasteiger partial charge >= 0.3 is 0 Å². The van der Waals surface area contributed by atoms with E-state index in [9.17, 15) is 0 Å². The van der Waals surface area contributed by atoms with Gasteiger partial charge in [-0.15, -0.1) is 0 Å². The third-order valence-electron chi connectivity index (χ3n) is 3.62. The summed E-state index contributed by atoms with van der Waals surface area (Å²) in [5.41, 5.74) is 1.32. The minimum Gasteiger partial charge on any atom is -0.481 e. The van der Waals surface area contributed by atoms with Gasteiger partial charge in [-0.1, -0.05) is 38.4 Å². The molecule has 0 aliphatic rings. The van der Waals surface area contributed by atoms with Crippen molar-refractivity contribution in [3.63, 3.8) is 0 Å². The molecule has 0 aliphatic heterocycles. The summed E-state index contributed by atoms with van der Waals surface area (Å²) in [4.78, 5) is 4.40. The summed E-state index contributed by atoms with van der Waals surface area (Å²) >= 11 is 6.06. The van der Waals surface area contributed by atoms with Crippen LogP contribution in [0.3, 0.4) is 0 Å². The van der Waals surface area contributed by atoms with Crippen molar-refractivity contribution in [2.24, 2.45) is 0 Å². The number of rotatable bonds is 3. The van der Waals surface area contributed by atoms with Crippen molar-refractivity contribution >= 4 is 22.4 Å². The predicted octanol–water partition coefficient (Wildman–Crippen LogP) is 4.58. The van der Waals surface area contributed by atoms with Crippen LogP contribution in [-0.4, -0.2) is 12.1 Å². The zero-order valence-corrected chi connectivity index (χ0v) is 12.0. The number of hydrogen-bond acceptors (Lipinski definition) is 2. The smallest absolute Gasteiger partial charge is 0.221 e. The van der Waals surface area contributed by atoms with E-state index in [0.29, 0.717) is 10.9 Å². The average molecular weight is 264 g/mol. The number of ether oxygens (including phenoxy) is 1. The van der Waals surface area contributed by atoms with Gasteiger partial charge < -0.3 is 4.74 Å². The maximum absolute atomic E-state index is 6.06. The number of nitrogens with zero attached hydrogens (tertiary/aromatic N) is 1. The average Bonchev–Trinajstić information content (AvgIpc) is 2.37. The van der Waals surface area contributed by atoms with Crippen molar-refractivity contribution in [3.05, 3.63) is 35.0 Å². The van der Waals surface area contributed by atoms with Gasteiger partial charge in [-0.3, -0.25) is 0 Å². The van der Waals surface area contributed by atoms with Gasteiger partial charge in [-0.05, 0) is 34.9 Å². The molecule has 0 spiro atoms. The molecule has 0 saturated carbocycles. The Labute approximate surface area is 113 Å². The Balaban J connectivity index is 2.79. The van der Waals surface area contributed by atoms with E-state index in [0.717, 1.165) is 17.2 Å². The van der Waals surface area contributed by atoms with Gasteiger partial charge in [-0.25, -0.2) is 4.98 Å². The Hall–Kier alpha value is -1.28. The van der Waals surface area contributed by atoms with Crippen LogP contribution >= 0.6 is 11.6 Å². The first kappa shape index (κ1) is 13.2. The molecule has 0 fully saturated rings. The van der Waals surface area contributed by atoms with E-state index in [-0.39, 0.29) is 5.41 Å². The van der Waals surface area contributed by atoms with Crippen molar-refractivity contribution in [1.82, 2.24) is 4.98 Å². The molecule has 0 bridgehead atoms. The van der Waals surface area contributed by atoms with Gasteiger partial charge in [0, 0.05) is 16.6 Å². The van der Waals surface area contributed by atoms with E-state index in [1.807, 2.05) is 18.3 Å². The third-order valence-corrected chi connectivity index (χ3v) is 3.85. The molecule has 0 atom stereocenters. The van der Waals surface area contributed by atoms with E-state index in [4.69, 9.17) is 16.3 Å². The van der Waals surface area contributed by atoms with Crippen LogP contribution in [0.1, 0.15) is 32.8 Å². The van der Waals surface area contributed by atoms with Gasteiger partial charge in [-0.2, -0.15) is 0 Å².